The summed E-state index contributed by atoms with van der Waals surface area (Å²) in [6, 6.07) is 7.70. The first-order chi connectivity index (χ1) is 6.82. The van der Waals surface area contributed by atoms with E-state index in [1.165, 1.54) is 0 Å². The molecule has 0 amide bonds. The van der Waals surface area contributed by atoms with Gasteiger partial charge >= 0.3 is 0 Å². The molecule has 2 aliphatic heterocycles. The Kier molecular flexibility index (Phi) is 1.53. The molecule has 1 aromatic rings. The van der Waals surface area contributed by atoms with E-state index in [0.717, 1.165) is 17.7 Å². The number of carbonyl (C=O) groups excluding carboxylic acids is 1. The first-order valence-electron chi connectivity index (χ1n) is 4.57. The highest BCUT2D eigenvalue weighted by atomic mass is 32.2. The molecule has 0 saturated heterocycles. The average molecular weight is 203 g/mol. The van der Waals surface area contributed by atoms with Crippen LogP contribution in [0.1, 0.15) is 16.8 Å². The molecule has 1 aromatic carbocycles. The standard InChI is InChI=1S/C11H9NOS/c13-10-8-4-1-2-5-9(8)12-11(10)6-3-7-14-11/h1-5,7,12H,6H2/t11-/m1/s1. The van der Waals surface area contributed by atoms with Crippen LogP contribution in [-0.4, -0.2) is 10.7 Å². The number of Topliss-reactive ketones (excluding diaryl/α,β-unsaturated/α-hetero) is 1. The number of benzene rings is 1. The second-order valence-corrected chi connectivity index (χ2v) is 4.73. The van der Waals surface area contributed by atoms with E-state index in [0.29, 0.717) is 0 Å². The van der Waals surface area contributed by atoms with Gasteiger partial charge < -0.3 is 5.32 Å². The molecule has 1 spiro atoms. The van der Waals surface area contributed by atoms with Crippen molar-refractivity contribution in [1.82, 2.24) is 0 Å². The maximum absolute atomic E-state index is 12.1. The number of ketones is 1. The Hall–Kier alpha value is -1.22. The van der Waals surface area contributed by atoms with Crippen molar-refractivity contribution in [2.45, 2.75) is 11.3 Å². The summed E-state index contributed by atoms with van der Waals surface area (Å²) in [5.74, 6) is 0.211. The van der Waals surface area contributed by atoms with Gasteiger partial charge in [-0.05, 0) is 17.5 Å². The van der Waals surface area contributed by atoms with Crippen LogP contribution in [0.3, 0.4) is 0 Å². The second kappa shape index (κ2) is 2.64. The lowest BCUT2D eigenvalue weighted by atomic mass is 10.1. The van der Waals surface area contributed by atoms with E-state index in [1.807, 2.05) is 35.7 Å². The lowest BCUT2D eigenvalue weighted by Gasteiger charge is -2.20. The summed E-state index contributed by atoms with van der Waals surface area (Å²) in [4.78, 5) is 11.7. The molecule has 0 radical (unpaired) electrons. The van der Waals surface area contributed by atoms with Crippen molar-refractivity contribution in [3.8, 4) is 0 Å². The highest BCUT2D eigenvalue weighted by Crippen LogP contribution is 2.45. The van der Waals surface area contributed by atoms with Gasteiger partial charge in [-0.25, -0.2) is 0 Å². The summed E-state index contributed by atoms with van der Waals surface area (Å²) >= 11 is 1.58. The molecule has 2 aliphatic rings. The number of hydrogen-bond acceptors (Lipinski definition) is 3. The van der Waals surface area contributed by atoms with Gasteiger partial charge in [-0.3, -0.25) is 4.79 Å². The summed E-state index contributed by atoms with van der Waals surface area (Å²) in [6.07, 6.45) is 2.83. The fourth-order valence-electron chi connectivity index (χ4n) is 1.94. The number of para-hydroxylation sites is 1. The predicted octanol–water partition coefficient (Wildman–Crippen LogP) is 2.64. The molecule has 1 N–H and O–H groups in total. The number of rotatable bonds is 0. The Morgan fingerprint density at radius 1 is 1.36 bits per heavy atom. The zero-order chi connectivity index (χ0) is 9.60. The summed E-state index contributed by atoms with van der Waals surface area (Å²) < 4.78 is 0. The lowest BCUT2D eigenvalue weighted by Crippen LogP contribution is -2.34. The lowest BCUT2D eigenvalue weighted by molar-refractivity contribution is 0.0967. The van der Waals surface area contributed by atoms with Crippen LogP contribution in [0.25, 0.3) is 0 Å². The van der Waals surface area contributed by atoms with Crippen molar-refractivity contribution in [2.24, 2.45) is 0 Å². The van der Waals surface area contributed by atoms with Crippen molar-refractivity contribution in [1.29, 1.82) is 0 Å². The zero-order valence-electron chi connectivity index (χ0n) is 7.49. The second-order valence-electron chi connectivity index (χ2n) is 3.52. The van der Waals surface area contributed by atoms with Crippen LogP contribution in [0.5, 0.6) is 0 Å². The third kappa shape index (κ3) is 0.904. The van der Waals surface area contributed by atoms with Crippen LogP contribution in [-0.2, 0) is 0 Å². The van der Waals surface area contributed by atoms with Crippen LogP contribution >= 0.6 is 11.8 Å². The Balaban J connectivity index is 2.09. The van der Waals surface area contributed by atoms with Crippen molar-refractivity contribution in [3.05, 3.63) is 41.3 Å². The van der Waals surface area contributed by atoms with Gasteiger partial charge in [0.05, 0.1) is 0 Å². The van der Waals surface area contributed by atoms with Crippen LogP contribution in [0.2, 0.25) is 0 Å². The van der Waals surface area contributed by atoms with Gasteiger partial charge in [0.1, 0.15) is 0 Å². The number of hydrogen-bond donors (Lipinski definition) is 1. The van der Waals surface area contributed by atoms with E-state index in [1.54, 1.807) is 11.8 Å². The first-order valence-corrected chi connectivity index (χ1v) is 5.45. The predicted molar refractivity (Wildman–Crippen MR) is 58.5 cm³/mol. The summed E-state index contributed by atoms with van der Waals surface area (Å²) in [5, 5.41) is 5.31. The Labute approximate surface area is 86.4 Å². The topological polar surface area (TPSA) is 29.1 Å². The first kappa shape index (κ1) is 8.12. The molecule has 0 aliphatic carbocycles. The van der Waals surface area contributed by atoms with E-state index in [4.69, 9.17) is 0 Å². The van der Waals surface area contributed by atoms with Crippen molar-refractivity contribution in [2.75, 3.05) is 5.32 Å². The molecular weight excluding hydrogens is 194 g/mol. The maximum Gasteiger partial charge on any atom is 0.201 e. The highest BCUT2D eigenvalue weighted by molar-refractivity contribution is 8.04. The van der Waals surface area contributed by atoms with E-state index in [2.05, 4.69) is 5.32 Å². The summed E-state index contributed by atoms with van der Waals surface area (Å²) in [7, 11) is 0. The Bertz CT molecular complexity index is 431. The molecule has 1 atom stereocenters. The normalized spacial score (nSPS) is 28.1. The van der Waals surface area contributed by atoms with Gasteiger partial charge in [0, 0.05) is 17.7 Å². The molecule has 2 nitrogen and oxygen atoms in total. The Morgan fingerprint density at radius 3 is 2.93 bits per heavy atom. The molecular formula is C11H9NOS. The molecule has 0 saturated carbocycles. The minimum Gasteiger partial charge on any atom is -0.363 e. The van der Waals surface area contributed by atoms with Gasteiger partial charge in [0.15, 0.2) is 4.87 Å². The third-order valence-corrected chi connectivity index (χ3v) is 3.83. The van der Waals surface area contributed by atoms with E-state index >= 15 is 0 Å². The van der Waals surface area contributed by atoms with Gasteiger partial charge in [-0.2, -0.15) is 0 Å². The average Bonchev–Trinajstić information content (AvgIpc) is 2.77. The fraction of sp³-hybridized carbons (Fsp3) is 0.182. The molecule has 0 bridgehead atoms. The fourth-order valence-corrected chi connectivity index (χ4v) is 2.94. The largest absolute Gasteiger partial charge is 0.363 e. The molecule has 14 heavy (non-hydrogen) atoms. The number of carbonyl (C=O) groups is 1. The van der Waals surface area contributed by atoms with Crippen molar-refractivity contribution >= 4 is 23.2 Å². The quantitative estimate of drug-likeness (QED) is 0.702. The molecule has 0 aromatic heterocycles. The smallest absolute Gasteiger partial charge is 0.201 e. The van der Waals surface area contributed by atoms with Crippen LogP contribution < -0.4 is 5.32 Å². The monoisotopic (exact) mass is 203 g/mol. The molecule has 0 unspecified atom stereocenters. The summed E-state index contributed by atoms with van der Waals surface area (Å²) in [6.45, 7) is 0. The van der Waals surface area contributed by atoms with Gasteiger partial charge in [0.25, 0.3) is 0 Å². The van der Waals surface area contributed by atoms with Crippen LogP contribution in [0.4, 0.5) is 5.69 Å². The van der Waals surface area contributed by atoms with Gasteiger partial charge in [0.2, 0.25) is 5.78 Å². The number of nitrogens with one attached hydrogen (secondary N) is 1. The van der Waals surface area contributed by atoms with E-state index in [9.17, 15) is 4.79 Å². The molecule has 70 valence electrons. The SMILES string of the molecule is O=C1c2ccccc2N[C@@]12CC=CS2. The van der Waals surface area contributed by atoms with Crippen LogP contribution in [0, 0.1) is 0 Å². The van der Waals surface area contributed by atoms with Crippen LogP contribution in [0.15, 0.2) is 35.7 Å². The van der Waals surface area contributed by atoms with Crippen molar-refractivity contribution in [3.63, 3.8) is 0 Å². The number of anilines is 1. The van der Waals surface area contributed by atoms with E-state index in [-0.39, 0.29) is 5.78 Å². The summed E-state index contributed by atoms with van der Waals surface area (Å²) in [5.41, 5.74) is 1.79. The number of fused-ring (bicyclic) bond motifs is 1. The van der Waals surface area contributed by atoms with Gasteiger partial charge in [-0.1, -0.05) is 30.0 Å². The number of thioether (sulfide) groups is 1. The molecule has 3 heteroatoms. The minimum atomic E-state index is -0.427. The maximum atomic E-state index is 12.1. The molecule has 2 heterocycles. The molecule has 0 fully saturated rings. The Morgan fingerprint density at radius 2 is 2.21 bits per heavy atom. The zero-order valence-corrected chi connectivity index (χ0v) is 8.30. The van der Waals surface area contributed by atoms with Gasteiger partial charge in [-0.15, -0.1) is 0 Å². The third-order valence-electron chi connectivity index (χ3n) is 2.65. The molecule has 3 rings (SSSR count). The van der Waals surface area contributed by atoms with E-state index < -0.39 is 4.87 Å². The minimum absolute atomic E-state index is 0.211. The van der Waals surface area contributed by atoms with Crippen molar-refractivity contribution < 1.29 is 4.79 Å². The highest BCUT2D eigenvalue weighted by Gasteiger charge is 2.46.